The summed E-state index contributed by atoms with van der Waals surface area (Å²) in [7, 11) is -4.53. The highest BCUT2D eigenvalue weighted by atomic mass is 31.2. The van der Waals surface area contributed by atoms with E-state index in [4.69, 9.17) is 4.52 Å². The van der Waals surface area contributed by atoms with E-state index in [1.54, 1.807) is 36.4 Å². The van der Waals surface area contributed by atoms with Gasteiger partial charge in [-0.25, -0.2) is 9.36 Å². The fourth-order valence-corrected chi connectivity index (χ4v) is 2.65. The summed E-state index contributed by atoms with van der Waals surface area (Å²) >= 11 is 0. The maximum atomic E-state index is 12.0. The number of phosphoric ester groups is 1. The minimum atomic E-state index is -4.53. The van der Waals surface area contributed by atoms with Crippen molar-refractivity contribution in [2.24, 2.45) is 0 Å². The van der Waals surface area contributed by atoms with Crippen LogP contribution in [-0.2, 0) is 9.09 Å². The van der Waals surface area contributed by atoms with E-state index in [1.807, 2.05) is 20.8 Å². The molecule has 6 heteroatoms. The molecule has 0 aliphatic rings. The molecule has 0 fully saturated rings. The van der Waals surface area contributed by atoms with Crippen molar-refractivity contribution in [3.63, 3.8) is 0 Å². The fourth-order valence-electron chi connectivity index (χ4n) is 1.91. The lowest BCUT2D eigenvalue weighted by Crippen LogP contribution is -2.07. The van der Waals surface area contributed by atoms with Crippen LogP contribution >= 0.6 is 7.82 Å². The van der Waals surface area contributed by atoms with Crippen LogP contribution in [0.25, 0.3) is 0 Å². The van der Waals surface area contributed by atoms with Crippen molar-refractivity contribution in [1.29, 1.82) is 0 Å². The van der Waals surface area contributed by atoms with Crippen LogP contribution in [0.3, 0.4) is 0 Å². The average Bonchev–Trinajstić information content (AvgIpc) is 2.49. The number of rotatable bonds is 5. The van der Waals surface area contributed by atoms with Crippen LogP contribution in [-0.4, -0.2) is 10.9 Å². The van der Waals surface area contributed by atoms with E-state index < -0.39 is 13.8 Å². The molecule has 0 heterocycles. The van der Waals surface area contributed by atoms with Gasteiger partial charge in [0, 0.05) is 0 Å². The van der Waals surface area contributed by atoms with Crippen molar-refractivity contribution in [2.45, 2.75) is 26.7 Å². The maximum absolute atomic E-state index is 12.0. The van der Waals surface area contributed by atoms with E-state index in [2.05, 4.69) is 4.52 Å². The second kappa shape index (κ2) is 6.99. The first-order valence-electron chi connectivity index (χ1n) is 7.20. The molecule has 2 aromatic rings. The van der Waals surface area contributed by atoms with E-state index in [-0.39, 0.29) is 11.3 Å². The summed E-state index contributed by atoms with van der Waals surface area (Å²) in [5.74, 6) is -0.420. The molecule has 1 unspecified atom stereocenters. The number of carbonyl (C=O) groups excluding carboxylic acids is 1. The quantitative estimate of drug-likeness (QED) is 0.818. The zero-order chi connectivity index (χ0) is 17.0. The molecule has 0 amide bonds. The van der Waals surface area contributed by atoms with Gasteiger partial charge in [0.05, 0.1) is 5.56 Å². The number of hydrogen-bond donors (Lipinski definition) is 1. The lowest BCUT2D eigenvalue weighted by atomic mass is 10.0. The molecule has 0 saturated carbocycles. The monoisotopic (exact) mass is 334 g/mol. The molecular weight excluding hydrogens is 315 g/mol. The Hall–Kier alpha value is -2.10. The number of carbonyl (C=O) groups is 1. The molecule has 23 heavy (non-hydrogen) atoms. The normalized spacial score (nSPS) is 13.4. The summed E-state index contributed by atoms with van der Waals surface area (Å²) in [4.78, 5) is 21.7. The third-order valence-electron chi connectivity index (χ3n) is 3.25. The molecule has 5 nitrogen and oxygen atoms in total. The number of benzene rings is 2. The Morgan fingerprint density at radius 1 is 1.04 bits per heavy atom. The van der Waals surface area contributed by atoms with Crippen molar-refractivity contribution in [1.82, 2.24) is 0 Å². The molecule has 122 valence electrons. The van der Waals surface area contributed by atoms with Crippen molar-refractivity contribution < 1.29 is 23.3 Å². The van der Waals surface area contributed by atoms with Gasteiger partial charge in [-0.2, -0.15) is 0 Å². The summed E-state index contributed by atoms with van der Waals surface area (Å²) in [6.07, 6.45) is 0. The largest absolute Gasteiger partial charge is 0.587 e. The van der Waals surface area contributed by atoms with Gasteiger partial charge in [-0.05, 0) is 42.7 Å². The highest BCUT2D eigenvalue weighted by Gasteiger charge is 2.28. The first kappa shape index (κ1) is 17.3. The highest BCUT2D eigenvalue weighted by molar-refractivity contribution is 7.48. The zero-order valence-electron chi connectivity index (χ0n) is 13.2. The summed E-state index contributed by atoms with van der Waals surface area (Å²) in [6.45, 7) is 5.94. The molecule has 0 radical (unpaired) electrons. The second-order valence-corrected chi connectivity index (χ2v) is 6.83. The van der Waals surface area contributed by atoms with Gasteiger partial charge in [0.1, 0.15) is 5.75 Å². The van der Waals surface area contributed by atoms with Gasteiger partial charge < -0.3 is 9.05 Å². The minimum absolute atomic E-state index is 0.157. The van der Waals surface area contributed by atoms with Crippen LogP contribution < -0.4 is 4.52 Å². The van der Waals surface area contributed by atoms with Crippen molar-refractivity contribution in [2.75, 3.05) is 0 Å². The maximum Gasteiger partial charge on any atom is 0.587 e. The third kappa shape index (κ3) is 4.95. The topological polar surface area (TPSA) is 72.8 Å². The molecule has 0 aromatic heterocycles. The van der Waals surface area contributed by atoms with Crippen molar-refractivity contribution in [3.05, 3.63) is 65.2 Å². The summed E-state index contributed by atoms with van der Waals surface area (Å²) in [5.41, 5.74) is 2.23. The van der Waals surface area contributed by atoms with Crippen LogP contribution in [0.1, 0.15) is 41.3 Å². The van der Waals surface area contributed by atoms with Gasteiger partial charge in [0.2, 0.25) is 0 Å². The lowest BCUT2D eigenvalue weighted by Gasteiger charge is -2.13. The SMILES string of the molecule is Cc1ccc(OP(=O)(O)OC(=O)c2ccc(C(C)C)cc2)cc1. The number of hydrogen-bond acceptors (Lipinski definition) is 4. The van der Waals surface area contributed by atoms with Crippen LogP contribution in [0.15, 0.2) is 48.5 Å². The lowest BCUT2D eigenvalue weighted by molar-refractivity contribution is 0.0683. The fraction of sp³-hybridized carbons (Fsp3) is 0.235. The molecule has 0 spiro atoms. The van der Waals surface area contributed by atoms with Crippen molar-refractivity contribution >= 4 is 13.8 Å². The standard InChI is InChI=1S/C17H19O5P/c1-12(2)14-6-8-15(9-7-14)17(18)22-23(19,20)21-16-10-4-13(3)5-11-16/h4-12H,1-3H3,(H,19,20). The molecule has 0 saturated heterocycles. The highest BCUT2D eigenvalue weighted by Crippen LogP contribution is 2.44. The molecule has 1 N–H and O–H groups in total. The molecular formula is C17H19O5P. The molecule has 2 rings (SSSR count). The molecule has 0 aliphatic carbocycles. The zero-order valence-corrected chi connectivity index (χ0v) is 14.1. The Bertz CT molecular complexity index is 720. The van der Waals surface area contributed by atoms with Crippen molar-refractivity contribution in [3.8, 4) is 5.75 Å². The smallest absolute Gasteiger partial charge is 0.395 e. The predicted octanol–water partition coefficient (Wildman–Crippen LogP) is 4.45. The van der Waals surface area contributed by atoms with Gasteiger partial charge in [-0.3, -0.25) is 4.89 Å². The molecule has 0 bridgehead atoms. The average molecular weight is 334 g/mol. The molecule has 0 aliphatic heterocycles. The van der Waals surface area contributed by atoms with Crippen LogP contribution in [0, 0.1) is 6.92 Å². The predicted molar refractivity (Wildman–Crippen MR) is 87.6 cm³/mol. The summed E-state index contributed by atoms with van der Waals surface area (Å²) in [5, 5.41) is 0. The third-order valence-corrected chi connectivity index (χ3v) is 4.09. The van der Waals surface area contributed by atoms with E-state index in [0.29, 0.717) is 5.92 Å². The van der Waals surface area contributed by atoms with Gasteiger partial charge in [0.15, 0.2) is 0 Å². The summed E-state index contributed by atoms with van der Waals surface area (Å²) in [6, 6.07) is 13.2. The Morgan fingerprint density at radius 2 is 1.61 bits per heavy atom. The van der Waals surface area contributed by atoms with Crippen LogP contribution in [0.2, 0.25) is 0 Å². The van der Waals surface area contributed by atoms with E-state index in [9.17, 15) is 14.3 Å². The Balaban J connectivity index is 2.05. The Kier molecular flexibility index (Phi) is 5.24. The van der Waals surface area contributed by atoms with Gasteiger partial charge >= 0.3 is 13.8 Å². The number of aryl methyl sites for hydroxylation is 1. The summed E-state index contributed by atoms with van der Waals surface area (Å²) < 4.78 is 21.4. The van der Waals surface area contributed by atoms with Gasteiger partial charge in [-0.15, -0.1) is 0 Å². The van der Waals surface area contributed by atoms with Gasteiger partial charge in [-0.1, -0.05) is 43.7 Å². The van der Waals surface area contributed by atoms with E-state index in [0.717, 1.165) is 11.1 Å². The Labute approximate surface area is 135 Å². The number of phosphoric acid groups is 1. The first-order valence-corrected chi connectivity index (χ1v) is 8.69. The van der Waals surface area contributed by atoms with E-state index >= 15 is 0 Å². The molecule has 1 atom stereocenters. The van der Waals surface area contributed by atoms with Crippen LogP contribution in [0.4, 0.5) is 0 Å². The van der Waals surface area contributed by atoms with Gasteiger partial charge in [0.25, 0.3) is 0 Å². The van der Waals surface area contributed by atoms with Crippen LogP contribution in [0.5, 0.6) is 5.75 Å². The minimum Gasteiger partial charge on any atom is -0.395 e. The molecule has 2 aromatic carbocycles. The second-order valence-electron chi connectivity index (χ2n) is 5.53. The first-order chi connectivity index (χ1) is 10.8. The van der Waals surface area contributed by atoms with E-state index in [1.165, 1.54) is 12.1 Å². The Morgan fingerprint density at radius 3 is 2.13 bits per heavy atom.